The lowest BCUT2D eigenvalue weighted by atomic mass is 10.0. The average molecular weight is 381 g/mol. The van der Waals surface area contributed by atoms with Crippen molar-refractivity contribution >= 4 is 5.97 Å². The molecule has 3 rings (SSSR count). The van der Waals surface area contributed by atoms with Gasteiger partial charge in [-0.2, -0.15) is 5.26 Å². The van der Waals surface area contributed by atoms with Crippen LogP contribution in [0.25, 0.3) is 0 Å². The third-order valence-electron chi connectivity index (χ3n) is 4.68. The number of nitrogens with one attached hydrogen (secondary N) is 1. The van der Waals surface area contributed by atoms with E-state index in [1.165, 1.54) is 0 Å². The number of hydrogen-bond acceptors (Lipinski definition) is 6. The summed E-state index contributed by atoms with van der Waals surface area (Å²) >= 11 is 0. The molecule has 0 saturated heterocycles. The Balaban J connectivity index is 1.82. The Morgan fingerprint density at radius 3 is 2.75 bits per heavy atom. The first kappa shape index (κ1) is 19.8. The number of pyridine rings is 1. The van der Waals surface area contributed by atoms with Crippen molar-refractivity contribution in [3.05, 3.63) is 58.4 Å². The van der Waals surface area contributed by atoms with E-state index in [1.54, 1.807) is 30.5 Å². The van der Waals surface area contributed by atoms with Crippen molar-refractivity contribution in [2.24, 2.45) is 0 Å². The van der Waals surface area contributed by atoms with Gasteiger partial charge in [-0.05, 0) is 30.2 Å². The van der Waals surface area contributed by atoms with Gasteiger partial charge in [-0.3, -0.25) is 9.78 Å². The van der Waals surface area contributed by atoms with Crippen LogP contribution < -0.4 is 10.1 Å². The van der Waals surface area contributed by atoms with Crippen molar-refractivity contribution in [1.82, 2.24) is 10.3 Å². The molecule has 2 N–H and O–H groups in total. The van der Waals surface area contributed by atoms with Crippen LogP contribution in [0.2, 0.25) is 0 Å². The SMILES string of the molecule is Cc1ncc(CN[C@@H](CC(=O)O)c2ccc(C#N)cc2)c2c1OC(C)(C)OC2. The van der Waals surface area contributed by atoms with E-state index in [0.717, 1.165) is 28.1 Å². The molecule has 0 unspecified atom stereocenters. The number of aryl methyl sites for hydroxylation is 1. The van der Waals surface area contributed by atoms with E-state index in [-0.39, 0.29) is 6.42 Å². The Kier molecular flexibility index (Phi) is 5.63. The molecule has 1 aromatic heterocycles. The molecule has 2 heterocycles. The Bertz CT molecular complexity index is 916. The second-order valence-corrected chi connectivity index (χ2v) is 7.23. The lowest BCUT2D eigenvalue weighted by molar-refractivity contribution is -0.180. The number of benzene rings is 1. The highest BCUT2D eigenvalue weighted by atomic mass is 16.7. The summed E-state index contributed by atoms with van der Waals surface area (Å²) in [5.41, 5.74) is 3.97. The molecule has 0 amide bonds. The van der Waals surface area contributed by atoms with Gasteiger partial charge in [0.2, 0.25) is 5.79 Å². The van der Waals surface area contributed by atoms with Gasteiger partial charge in [-0.25, -0.2) is 0 Å². The molecule has 0 fully saturated rings. The monoisotopic (exact) mass is 381 g/mol. The maximum Gasteiger partial charge on any atom is 0.305 e. The largest absolute Gasteiger partial charge is 0.481 e. The Hall–Kier alpha value is -2.95. The summed E-state index contributed by atoms with van der Waals surface area (Å²) in [5, 5.41) is 21.5. The van der Waals surface area contributed by atoms with Crippen LogP contribution in [0.3, 0.4) is 0 Å². The number of rotatable bonds is 6. The average Bonchev–Trinajstić information content (AvgIpc) is 2.66. The van der Waals surface area contributed by atoms with E-state index in [9.17, 15) is 9.90 Å². The minimum absolute atomic E-state index is 0.0760. The molecule has 1 atom stereocenters. The number of aliphatic carboxylic acids is 1. The topological polar surface area (TPSA) is 104 Å². The summed E-state index contributed by atoms with van der Waals surface area (Å²) in [6.45, 7) is 6.42. The summed E-state index contributed by atoms with van der Waals surface area (Å²) in [5.74, 6) is -0.886. The van der Waals surface area contributed by atoms with Gasteiger partial charge in [0.05, 0.1) is 30.4 Å². The van der Waals surface area contributed by atoms with Gasteiger partial charge in [0.1, 0.15) is 5.75 Å². The fourth-order valence-electron chi connectivity index (χ4n) is 3.15. The van der Waals surface area contributed by atoms with Gasteiger partial charge in [0, 0.05) is 38.2 Å². The van der Waals surface area contributed by atoms with Gasteiger partial charge in [0.25, 0.3) is 0 Å². The minimum Gasteiger partial charge on any atom is -0.481 e. The molecule has 2 aromatic rings. The van der Waals surface area contributed by atoms with Crippen LogP contribution in [-0.2, 0) is 22.7 Å². The fourth-order valence-corrected chi connectivity index (χ4v) is 3.15. The van der Waals surface area contributed by atoms with Crippen molar-refractivity contribution in [2.45, 2.75) is 52.2 Å². The molecule has 0 bridgehead atoms. The number of nitrogens with zero attached hydrogens (tertiary/aromatic N) is 2. The first-order chi connectivity index (χ1) is 13.3. The lowest BCUT2D eigenvalue weighted by Gasteiger charge is -2.34. The molecule has 7 heteroatoms. The summed E-state index contributed by atoms with van der Waals surface area (Å²) in [6, 6.07) is 8.59. The number of aromatic nitrogens is 1. The van der Waals surface area contributed by atoms with E-state index < -0.39 is 17.8 Å². The highest BCUT2D eigenvalue weighted by molar-refractivity contribution is 5.68. The molecule has 0 spiro atoms. The Morgan fingerprint density at radius 1 is 1.39 bits per heavy atom. The molecule has 0 radical (unpaired) electrons. The highest BCUT2D eigenvalue weighted by Gasteiger charge is 2.30. The van der Waals surface area contributed by atoms with Crippen LogP contribution in [-0.4, -0.2) is 21.8 Å². The maximum atomic E-state index is 11.3. The standard InChI is InChI=1S/C21H23N3O4/c1-13-20-17(12-27-21(2,3)28-20)16(10-23-13)11-24-18(8-19(25)26)15-6-4-14(9-22)5-7-15/h4-7,10,18,24H,8,11-12H2,1-3H3,(H,25,26)/t18-/m0/s1. The first-order valence-electron chi connectivity index (χ1n) is 9.04. The van der Waals surface area contributed by atoms with Crippen molar-refractivity contribution in [3.63, 3.8) is 0 Å². The highest BCUT2D eigenvalue weighted by Crippen LogP contribution is 2.35. The smallest absolute Gasteiger partial charge is 0.305 e. The molecule has 28 heavy (non-hydrogen) atoms. The maximum absolute atomic E-state index is 11.3. The molecular formula is C21H23N3O4. The van der Waals surface area contributed by atoms with Gasteiger partial charge < -0.3 is 19.9 Å². The minimum atomic E-state index is -0.903. The number of carboxylic acid groups (broad SMARTS) is 1. The fraction of sp³-hybridized carbons (Fsp3) is 0.381. The van der Waals surface area contributed by atoms with Crippen LogP contribution >= 0.6 is 0 Å². The quantitative estimate of drug-likeness (QED) is 0.791. The molecule has 146 valence electrons. The van der Waals surface area contributed by atoms with E-state index in [4.69, 9.17) is 14.7 Å². The predicted octanol–water partition coefficient (Wildman–Crippen LogP) is 3.21. The first-order valence-corrected chi connectivity index (χ1v) is 9.04. The second kappa shape index (κ2) is 7.97. The van der Waals surface area contributed by atoms with Gasteiger partial charge in [0.15, 0.2) is 0 Å². The summed E-state index contributed by atoms with van der Waals surface area (Å²) in [7, 11) is 0. The van der Waals surface area contributed by atoms with Gasteiger partial charge >= 0.3 is 5.97 Å². The van der Waals surface area contributed by atoms with Crippen LogP contribution in [0.1, 0.15) is 54.3 Å². The zero-order chi connectivity index (χ0) is 20.3. The predicted molar refractivity (Wildman–Crippen MR) is 101 cm³/mol. The van der Waals surface area contributed by atoms with Crippen molar-refractivity contribution in [2.75, 3.05) is 0 Å². The van der Waals surface area contributed by atoms with Gasteiger partial charge in [-0.15, -0.1) is 0 Å². The van der Waals surface area contributed by atoms with Crippen LogP contribution in [0.4, 0.5) is 0 Å². The second-order valence-electron chi connectivity index (χ2n) is 7.23. The molecule has 0 saturated carbocycles. The Morgan fingerprint density at radius 2 is 2.11 bits per heavy atom. The summed E-state index contributed by atoms with van der Waals surface area (Å²) in [4.78, 5) is 15.7. The number of nitriles is 1. The van der Waals surface area contributed by atoms with Crippen molar-refractivity contribution in [1.29, 1.82) is 5.26 Å². The molecular weight excluding hydrogens is 358 g/mol. The summed E-state index contributed by atoms with van der Waals surface area (Å²) in [6.07, 6.45) is 1.69. The van der Waals surface area contributed by atoms with Crippen molar-refractivity contribution in [3.8, 4) is 11.8 Å². The van der Waals surface area contributed by atoms with Crippen molar-refractivity contribution < 1.29 is 19.4 Å². The van der Waals surface area contributed by atoms with E-state index in [2.05, 4.69) is 16.4 Å². The molecule has 1 aromatic carbocycles. The summed E-state index contributed by atoms with van der Waals surface area (Å²) < 4.78 is 11.7. The Labute approximate surface area is 163 Å². The zero-order valence-corrected chi connectivity index (χ0v) is 16.2. The van der Waals surface area contributed by atoms with Crippen LogP contribution in [0, 0.1) is 18.3 Å². The number of ether oxygens (including phenoxy) is 2. The zero-order valence-electron chi connectivity index (χ0n) is 16.2. The van der Waals surface area contributed by atoms with E-state index >= 15 is 0 Å². The normalized spacial score (nSPS) is 15.8. The number of fused-ring (bicyclic) bond motifs is 1. The lowest BCUT2D eigenvalue weighted by Crippen LogP contribution is -2.36. The van der Waals surface area contributed by atoms with Gasteiger partial charge in [-0.1, -0.05) is 12.1 Å². The third kappa shape index (κ3) is 4.47. The third-order valence-corrected chi connectivity index (χ3v) is 4.68. The number of carboxylic acids is 1. The number of carbonyl (C=O) groups is 1. The molecule has 0 aliphatic carbocycles. The molecule has 1 aliphatic heterocycles. The number of hydrogen-bond donors (Lipinski definition) is 2. The van der Waals surface area contributed by atoms with Crippen LogP contribution in [0.15, 0.2) is 30.5 Å². The molecule has 1 aliphatic rings. The van der Waals surface area contributed by atoms with Crippen LogP contribution in [0.5, 0.6) is 5.75 Å². The van der Waals surface area contributed by atoms with E-state index in [1.807, 2.05) is 20.8 Å². The van der Waals surface area contributed by atoms with E-state index in [0.29, 0.717) is 18.7 Å². The molecule has 7 nitrogen and oxygen atoms in total.